The molecule has 4 heterocycles. The molecule has 16 heteroatoms. The summed E-state index contributed by atoms with van der Waals surface area (Å²) in [7, 11) is 9.08. The Balaban J connectivity index is 1.31. The lowest BCUT2D eigenvalue weighted by Gasteiger charge is -2.35. The molecule has 2 aromatic heterocycles. The monoisotopic (exact) mass is 975 g/mol. The summed E-state index contributed by atoms with van der Waals surface area (Å²) >= 11 is 0. The van der Waals surface area contributed by atoms with Crippen LogP contribution in [0.5, 0.6) is 5.75 Å². The molecule has 3 N–H and O–H groups in total. The third kappa shape index (κ3) is 12.6. The highest BCUT2D eigenvalue weighted by molar-refractivity contribution is 5.97. The van der Waals surface area contributed by atoms with Crippen molar-refractivity contribution in [2.75, 3.05) is 61.0 Å². The molecule has 0 bridgehead atoms. The van der Waals surface area contributed by atoms with Gasteiger partial charge in [-0.1, -0.05) is 45.7 Å². The minimum absolute atomic E-state index is 0.0113. The van der Waals surface area contributed by atoms with Crippen molar-refractivity contribution in [3.8, 4) is 40.0 Å². The lowest BCUT2D eigenvalue weighted by molar-refractivity contribution is -0.145. The summed E-state index contributed by atoms with van der Waals surface area (Å²) in [5, 5.41) is 16.9. The third-order valence-corrected chi connectivity index (χ3v) is 14.2. The van der Waals surface area contributed by atoms with Crippen molar-refractivity contribution in [2.45, 2.75) is 104 Å². The summed E-state index contributed by atoms with van der Waals surface area (Å²) in [6.07, 6.45) is 4.20. The van der Waals surface area contributed by atoms with Gasteiger partial charge in [0, 0.05) is 81.9 Å². The van der Waals surface area contributed by atoms with Crippen LogP contribution < -0.4 is 10.7 Å². The van der Waals surface area contributed by atoms with E-state index >= 15 is 0 Å². The van der Waals surface area contributed by atoms with E-state index in [0.717, 1.165) is 51.8 Å². The van der Waals surface area contributed by atoms with Gasteiger partial charge in [-0.3, -0.25) is 38.9 Å². The first-order chi connectivity index (χ1) is 33.6. The summed E-state index contributed by atoms with van der Waals surface area (Å²) in [4.78, 5) is 77.3. The highest BCUT2D eigenvalue weighted by Gasteiger charge is 2.39. The molecule has 4 atom stereocenters. The van der Waals surface area contributed by atoms with Crippen LogP contribution in [0.3, 0.4) is 0 Å². The van der Waals surface area contributed by atoms with Gasteiger partial charge in [0.1, 0.15) is 17.8 Å². The zero-order chi connectivity index (χ0) is 51.9. The molecule has 0 radical (unpaired) electrons. The molecule has 2 aliphatic rings. The van der Waals surface area contributed by atoms with E-state index in [9.17, 15) is 29.1 Å². The number of benzene rings is 2. The van der Waals surface area contributed by atoms with Gasteiger partial charge in [-0.2, -0.15) is 0 Å². The van der Waals surface area contributed by atoms with E-state index in [1.165, 1.54) is 4.90 Å². The van der Waals surface area contributed by atoms with Crippen molar-refractivity contribution in [3.05, 3.63) is 71.5 Å². The second-order valence-corrected chi connectivity index (χ2v) is 21.0. The first kappa shape index (κ1) is 54.1. The van der Waals surface area contributed by atoms with Crippen LogP contribution in [0.4, 0.5) is 0 Å². The smallest absolute Gasteiger partial charge is 0.298 e. The van der Waals surface area contributed by atoms with Gasteiger partial charge in [-0.25, -0.2) is 5.43 Å². The molecule has 2 saturated heterocycles. The molecule has 2 aliphatic heterocycles. The molecule has 4 aromatic rings. The van der Waals surface area contributed by atoms with Crippen LogP contribution in [0.2, 0.25) is 0 Å². The number of likely N-dealkylation sites (N-methyl/N-ethyl adjacent to an activating group) is 1. The fourth-order valence-electron chi connectivity index (χ4n) is 9.68. The molecule has 0 aliphatic carbocycles. The van der Waals surface area contributed by atoms with E-state index in [1.807, 2.05) is 91.0 Å². The minimum Gasteiger partial charge on any atom is -0.508 e. The fourth-order valence-corrected chi connectivity index (χ4v) is 9.68. The SMILES string of the molecule is CO[C@@H](C)c1ncccc1-c1c(CC(C)(C)COC=O)c2cc(-c3cc(O)cc(C[C@H](NC(=O)[C@H](C(C)C)N(C)C(=O)[C@H]4CCN(C(=O)C#CC(C)(C)N(C)C)C4)C(=O)N4CCCCN4)c3)ccc2n1C. The van der Waals surface area contributed by atoms with E-state index in [4.69, 9.17) is 14.5 Å². The molecule has 0 saturated carbocycles. The highest BCUT2D eigenvalue weighted by atomic mass is 16.5. The second-order valence-electron chi connectivity index (χ2n) is 21.0. The van der Waals surface area contributed by atoms with E-state index < -0.39 is 34.9 Å². The van der Waals surface area contributed by atoms with E-state index in [0.29, 0.717) is 50.1 Å². The Morgan fingerprint density at radius 3 is 2.42 bits per heavy atom. The molecular weight excluding hydrogens is 901 g/mol. The number of ether oxygens (including phenoxy) is 2. The standard InChI is InChI=1S/C55H74N8O8/c1-35(2)49(61(11)52(68)39-20-25-62(32-39)47(66)19-21-55(6,7)59(8)9)51(67)58-45(53(69)63-24-14-13-23-57-63)28-37-26-40(29-41(65)27-37)38-17-18-46-43(30-38)44(31-54(4,5)33-71-34-64)50(60(46)10)42-16-15-22-56-48(42)36(3)70-12/h15-18,22,26-27,29-30,34-36,39,45,49,57,65H,13-14,20,23-25,28,31-33H2,1-12H3,(H,58,67)/t36-,39-,45-,49-/m0/s1. The van der Waals surface area contributed by atoms with Crippen LogP contribution in [0, 0.1) is 29.1 Å². The number of likely N-dealkylation sites (tertiary alicyclic amines) is 1. The molecule has 2 aromatic carbocycles. The van der Waals surface area contributed by atoms with Gasteiger partial charge in [-0.05, 0) is 131 Å². The molecular formula is C55H74N8O8. The first-order valence-electron chi connectivity index (χ1n) is 24.7. The van der Waals surface area contributed by atoms with Gasteiger partial charge in [-0.15, -0.1) is 0 Å². The lowest BCUT2D eigenvalue weighted by Crippen LogP contribution is -2.59. The number of hydrogen-bond acceptors (Lipinski definition) is 11. The number of nitrogens with one attached hydrogen (secondary N) is 2. The zero-order valence-electron chi connectivity index (χ0n) is 43.7. The average molecular weight is 975 g/mol. The van der Waals surface area contributed by atoms with Gasteiger partial charge in [0.25, 0.3) is 18.3 Å². The lowest BCUT2D eigenvalue weighted by atomic mass is 9.84. The van der Waals surface area contributed by atoms with Crippen molar-refractivity contribution in [1.82, 2.24) is 40.0 Å². The van der Waals surface area contributed by atoms with Crippen molar-refractivity contribution >= 4 is 41.0 Å². The van der Waals surface area contributed by atoms with Crippen LogP contribution in [0.1, 0.15) is 90.7 Å². The molecule has 16 nitrogen and oxygen atoms in total. The molecule has 6 rings (SSSR count). The summed E-state index contributed by atoms with van der Waals surface area (Å²) in [6.45, 7) is 16.0. The number of aryl methyl sites for hydroxylation is 1. The summed E-state index contributed by atoms with van der Waals surface area (Å²) in [5.74, 6) is 3.52. The number of carbonyl (C=O) groups excluding carboxylic acids is 5. The quantitative estimate of drug-likeness (QED) is 0.0800. The average Bonchev–Trinajstić information content (AvgIpc) is 3.94. The maximum Gasteiger partial charge on any atom is 0.298 e. The third-order valence-electron chi connectivity index (χ3n) is 14.2. The molecule has 4 amide bonds. The van der Waals surface area contributed by atoms with Gasteiger partial charge in [0.15, 0.2) is 0 Å². The Labute approximate surface area is 419 Å². The van der Waals surface area contributed by atoms with Crippen LogP contribution in [-0.2, 0) is 53.3 Å². The van der Waals surface area contributed by atoms with Crippen LogP contribution in [0.25, 0.3) is 33.3 Å². The van der Waals surface area contributed by atoms with Gasteiger partial charge in [0.2, 0.25) is 11.8 Å². The normalized spacial score (nSPS) is 16.6. The maximum absolute atomic E-state index is 14.5. The first-order valence-corrected chi connectivity index (χ1v) is 24.7. The maximum atomic E-state index is 14.5. The van der Waals surface area contributed by atoms with Crippen LogP contribution in [-0.4, -0.2) is 143 Å². The van der Waals surface area contributed by atoms with Crippen molar-refractivity contribution < 1.29 is 38.6 Å². The predicted octanol–water partition coefficient (Wildman–Crippen LogP) is 5.89. The van der Waals surface area contributed by atoms with Crippen LogP contribution in [0.15, 0.2) is 54.7 Å². The fraction of sp³-hybridized carbons (Fsp3) is 0.527. The number of phenolic OH excluding ortho intramolecular Hbond substituents is 1. The van der Waals surface area contributed by atoms with Gasteiger partial charge >= 0.3 is 0 Å². The largest absolute Gasteiger partial charge is 0.508 e. The summed E-state index contributed by atoms with van der Waals surface area (Å²) < 4.78 is 13.2. The number of carbonyl (C=O) groups is 5. The Bertz CT molecular complexity index is 2660. The number of phenols is 1. The Morgan fingerprint density at radius 1 is 1.01 bits per heavy atom. The van der Waals surface area contributed by atoms with Gasteiger partial charge in [0.05, 0.1) is 35.6 Å². The molecule has 382 valence electrons. The van der Waals surface area contributed by atoms with E-state index in [2.05, 4.69) is 47.1 Å². The topological polar surface area (TPSA) is 179 Å². The van der Waals surface area contributed by atoms with E-state index in [-0.39, 0.29) is 55.1 Å². The van der Waals surface area contributed by atoms with E-state index in [1.54, 1.807) is 42.4 Å². The number of rotatable bonds is 18. The number of nitrogens with zero attached hydrogens (tertiary/aromatic N) is 6. The molecule has 71 heavy (non-hydrogen) atoms. The Hall–Kier alpha value is -6.28. The number of hydrazine groups is 1. The zero-order valence-corrected chi connectivity index (χ0v) is 43.7. The Kier molecular flexibility index (Phi) is 17.4. The molecule has 0 spiro atoms. The summed E-state index contributed by atoms with van der Waals surface area (Å²) in [5.41, 5.74) is 9.02. The van der Waals surface area contributed by atoms with Crippen LogP contribution >= 0.6 is 0 Å². The highest BCUT2D eigenvalue weighted by Crippen LogP contribution is 2.41. The van der Waals surface area contributed by atoms with Crippen molar-refractivity contribution in [2.24, 2.45) is 24.3 Å². The number of methoxy groups -OCH3 is 1. The van der Waals surface area contributed by atoms with Crippen molar-refractivity contribution in [3.63, 3.8) is 0 Å². The van der Waals surface area contributed by atoms with Crippen molar-refractivity contribution in [1.29, 1.82) is 0 Å². The predicted molar refractivity (Wildman–Crippen MR) is 274 cm³/mol. The number of hydrogen-bond donors (Lipinski definition) is 3. The second kappa shape index (κ2) is 22.9. The molecule has 0 unspecified atom stereocenters. The summed E-state index contributed by atoms with van der Waals surface area (Å²) in [6, 6.07) is 13.3. The number of aromatic nitrogens is 2. The molecule has 2 fully saturated rings. The van der Waals surface area contributed by atoms with Gasteiger partial charge < -0.3 is 34.3 Å². The Morgan fingerprint density at radius 2 is 1.76 bits per heavy atom. The number of aromatic hydroxyl groups is 1. The number of pyridine rings is 1. The number of fused-ring (bicyclic) bond motifs is 1. The number of amides is 4. The minimum atomic E-state index is -1.05.